The molecule has 214 valence electrons. The Kier molecular flexibility index (Phi) is 6.74. The molecule has 1 aromatic heterocycles. The molecule has 4 aliphatic rings. The molecule has 9 nitrogen and oxygen atoms in total. The van der Waals surface area contributed by atoms with Crippen LogP contribution in [0.1, 0.15) is 77.2 Å². The number of benzene rings is 1. The van der Waals surface area contributed by atoms with Gasteiger partial charge in [-0.1, -0.05) is 18.2 Å². The van der Waals surface area contributed by atoms with Crippen LogP contribution in [0.5, 0.6) is 0 Å². The molecule has 6 rings (SSSR count). The molecule has 3 aliphatic heterocycles. The van der Waals surface area contributed by atoms with Crippen molar-refractivity contribution < 1.29 is 27.6 Å². The average Bonchev–Trinajstić information content (AvgIpc) is 3.44. The zero-order valence-corrected chi connectivity index (χ0v) is 22.1. The van der Waals surface area contributed by atoms with Crippen LogP contribution in [0.4, 0.5) is 18.0 Å². The van der Waals surface area contributed by atoms with Crippen LogP contribution in [0.15, 0.2) is 30.5 Å². The Labute approximate surface area is 230 Å². The lowest BCUT2D eigenvalue weighted by molar-refractivity contribution is -0.138. The van der Waals surface area contributed by atoms with Crippen LogP contribution in [0, 0.1) is 5.92 Å². The minimum absolute atomic E-state index is 0.0564. The van der Waals surface area contributed by atoms with E-state index in [-0.39, 0.29) is 53.7 Å². The lowest BCUT2D eigenvalue weighted by atomic mass is 9.93. The highest BCUT2D eigenvalue weighted by atomic mass is 19.4. The van der Waals surface area contributed by atoms with Gasteiger partial charge in [-0.3, -0.25) is 14.3 Å². The van der Waals surface area contributed by atoms with E-state index in [0.29, 0.717) is 57.5 Å². The third kappa shape index (κ3) is 4.92. The number of carbonyl (C=O) groups excluding carboxylic acids is 3. The van der Waals surface area contributed by atoms with E-state index < -0.39 is 11.7 Å². The molecule has 1 aliphatic carbocycles. The van der Waals surface area contributed by atoms with Crippen LogP contribution >= 0.6 is 0 Å². The number of urea groups is 1. The molecule has 4 heterocycles. The van der Waals surface area contributed by atoms with Gasteiger partial charge in [0.2, 0.25) is 5.91 Å². The van der Waals surface area contributed by atoms with Gasteiger partial charge in [-0.15, -0.1) is 0 Å². The first-order valence-corrected chi connectivity index (χ1v) is 14.0. The summed E-state index contributed by atoms with van der Waals surface area (Å²) in [5.74, 6) is -0.942. The molecule has 2 N–H and O–H groups in total. The van der Waals surface area contributed by atoms with Crippen molar-refractivity contribution in [3.05, 3.63) is 52.8 Å². The molecule has 3 saturated heterocycles. The van der Waals surface area contributed by atoms with E-state index >= 15 is 0 Å². The first-order chi connectivity index (χ1) is 19.1. The smallest absolute Gasteiger partial charge is 0.369 e. The molecule has 1 aromatic carbocycles. The zero-order chi connectivity index (χ0) is 28.2. The summed E-state index contributed by atoms with van der Waals surface area (Å²) in [6, 6.07) is 5.61. The maximum Gasteiger partial charge on any atom is 0.416 e. The topological polar surface area (TPSA) is 105 Å². The Morgan fingerprint density at radius 2 is 1.52 bits per heavy atom. The average molecular weight is 559 g/mol. The number of nitrogens with two attached hydrogens (primary N) is 1. The maximum atomic E-state index is 13.6. The number of nitrogens with zero attached hydrogens (tertiary/aromatic N) is 5. The Morgan fingerprint density at radius 1 is 0.850 bits per heavy atom. The number of hydrogen-bond donors (Lipinski definition) is 1. The van der Waals surface area contributed by atoms with Gasteiger partial charge in [0.1, 0.15) is 0 Å². The maximum absolute atomic E-state index is 13.6. The first-order valence-electron chi connectivity index (χ1n) is 14.0. The molecular formula is C28H33F3N6O3. The largest absolute Gasteiger partial charge is 0.416 e. The number of alkyl halides is 3. The molecule has 4 fully saturated rings. The normalized spacial score (nSPS) is 22.5. The van der Waals surface area contributed by atoms with Crippen LogP contribution in [0.3, 0.4) is 0 Å². The van der Waals surface area contributed by atoms with Gasteiger partial charge in [0.25, 0.3) is 5.91 Å². The minimum Gasteiger partial charge on any atom is -0.369 e. The highest BCUT2D eigenvalue weighted by Crippen LogP contribution is 2.44. The summed E-state index contributed by atoms with van der Waals surface area (Å²) in [6.45, 7) is 2.49. The third-order valence-corrected chi connectivity index (χ3v) is 8.85. The van der Waals surface area contributed by atoms with Gasteiger partial charge < -0.3 is 20.4 Å². The Balaban J connectivity index is 1.12. The number of aromatic nitrogens is 2. The lowest BCUT2D eigenvalue weighted by Gasteiger charge is -2.42. The molecule has 2 aromatic rings. The van der Waals surface area contributed by atoms with Crippen LogP contribution in [-0.2, 0) is 11.0 Å². The van der Waals surface area contributed by atoms with Crippen molar-refractivity contribution in [3.8, 4) is 0 Å². The van der Waals surface area contributed by atoms with Gasteiger partial charge >= 0.3 is 12.2 Å². The van der Waals surface area contributed by atoms with Crippen molar-refractivity contribution in [3.63, 3.8) is 0 Å². The summed E-state index contributed by atoms with van der Waals surface area (Å²) < 4.78 is 42.7. The number of primary amides is 1. The Hall–Kier alpha value is -3.57. The number of piperidine rings is 1. The van der Waals surface area contributed by atoms with E-state index in [9.17, 15) is 27.6 Å². The lowest BCUT2D eigenvalue weighted by Crippen LogP contribution is -2.59. The third-order valence-electron chi connectivity index (χ3n) is 8.85. The predicted molar refractivity (Wildman–Crippen MR) is 138 cm³/mol. The van der Waals surface area contributed by atoms with Crippen molar-refractivity contribution in [2.75, 3.05) is 39.3 Å². The van der Waals surface area contributed by atoms with Gasteiger partial charge in [0, 0.05) is 51.1 Å². The van der Waals surface area contributed by atoms with Gasteiger partial charge in [-0.2, -0.15) is 18.3 Å². The van der Waals surface area contributed by atoms with Crippen LogP contribution in [0.25, 0.3) is 0 Å². The molecule has 0 bridgehead atoms. The van der Waals surface area contributed by atoms with E-state index in [2.05, 4.69) is 5.10 Å². The van der Waals surface area contributed by atoms with Crippen molar-refractivity contribution in [1.29, 1.82) is 0 Å². The van der Waals surface area contributed by atoms with Crippen molar-refractivity contribution in [2.24, 2.45) is 11.7 Å². The summed E-state index contributed by atoms with van der Waals surface area (Å²) in [6.07, 6.45) is 1.02. The van der Waals surface area contributed by atoms with Crippen LogP contribution in [-0.4, -0.2) is 81.6 Å². The number of halogens is 3. The number of hydrogen-bond acceptors (Lipinski definition) is 4. The highest BCUT2D eigenvalue weighted by Gasteiger charge is 2.41. The fraction of sp³-hybridized carbons (Fsp3) is 0.571. The van der Waals surface area contributed by atoms with Gasteiger partial charge in [-0.05, 0) is 43.7 Å². The summed E-state index contributed by atoms with van der Waals surface area (Å²) in [4.78, 5) is 42.8. The molecule has 1 unspecified atom stereocenters. The Morgan fingerprint density at radius 3 is 2.17 bits per heavy atom. The fourth-order valence-corrected chi connectivity index (χ4v) is 6.39. The van der Waals surface area contributed by atoms with E-state index in [4.69, 9.17) is 5.73 Å². The summed E-state index contributed by atoms with van der Waals surface area (Å²) in [7, 11) is 0. The zero-order valence-electron chi connectivity index (χ0n) is 22.1. The summed E-state index contributed by atoms with van der Waals surface area (Å²) in [5.41, 5.74) is 6.39. The van der Waals surface area contributed by atoms with Gasteiger partial charge in [0.05, 0.1) is 35.0 Å². The highest BCUT2D eigenvalue weighted by molar-refractivity contribution is 5.95. The van der Waals surface area contributed by atoms with Gasteiger partial charge in [-0.25, -0.2) is 4.79 Å². The van der Waals surface area contributed by atoms with Crippen LogP contribution in [0.2, 0.25) is 0 Å². The number of carbonyl (C=O) groups is 3. The van der Waals surface area contributed by atoms with E-state index in [1.807, 2.05) is 4.68 Å². The molecule has 0 radical (unpaired) electrons. The SMILES string of the molecule is NC(=O)C1CN(C(=O)N2CCC(n3ncc(C(=O)N4CCC(c5ccccc5C(F)(F)F)C4)c3C3CC3)CC2)C1. The van der Waals surface area contributed by atoms with E-state index in [0.717, 1.165) is 24.6 Å². The molecule has 12 heteroatoms. The molecule has 0 spiro atoms. The molecule has 4 amide bonds. The monoisotopic (exact) mass is 558 g/mol. The quantitative estimate of drug-likeness (QED) is 0.606. The molecule has 1 saturated carbocycles. The predicted octanol–water partition coefficient (Wildman–Crippen LogP) is 3.58. The van der Waals surface area contributed by atoms with E-state index in [1.54, 1.807) is 27.0 Å². The molecule has 40 heavy (non-hydrogen) atoms. The first kappa shape index (κ1) is 26.6. The second-order valence-electron chi connectivity index (χ2n) is 11.5. The van der Waals surface area contributed by atoms with Crippen molar-refractivity contribution >= 4 is 17.8 Å². The fourth-order valence-electron chi connectivity index (χ4n) is 6.39. The second-order valence-corrected chi connectivity index (χ2v) is 11.5. The molecule has 1 atom stereocenters. The number of likely N-dealkylation sites (tertiary alicyclic amines) is 3. The Bertz CT molecular complexity index is 1310. The minimum atomic E-state index is -4.43. The van der Waals surface area contributed by atoms with E-state index in [1.165, 1.54) is 12.1 Å². The van der Waals surface area contributed by atoms with Gasteiger partial charge in [0.15, 0.2) is 0 Å². The van der Waals surface area contributed by atoms with Crippen molar-refractivity contribution in [1.82, 2.24) is 24.5 Å². The second kappa shape index (κ2) is 10.1. The van der Waals surface area contributed by atoms with Crippen molar-refractivity contribution in [2.45, 2.75) is 56.2 Å². The number of amides is 4. The standard InChI is InChI=1S/C28H33F3N6O3/c29-28(30,31)23-4-2-1-3-21(23)18-7-10-35(14-18)26(39)22-13-33-37(24(22)17-5-6-17)20-8-11-34(12-9-20)27(40)36-15-19(16-36)25(32)38/h1-4,13,17-20H,5-12,14-16H2,(H2,32,38). The summed E-state index contributed by atoms with van der Waals surface area (Å²) in [5, 5.41) is 4.63. The summed E-state index contributed by atoms with van der Waals surface area (Å²) >= 11 is 0. The molecular weight excluding hydrogens is 525 g/mol. The number of rotatable bonds is 5. The van der Waals surface area contributed by atoms with Crippen LogP contribution < -0.4 is 5.73 Å².